The van der Waals surface area contributed by atoms with Crippen molar-refractivity contribution in [1.82, 2.24) is 29.4 Å². The van der Waals surface area contributed by atoms with Gasteiger partial charge in [0.15, 0.2) is 5.82 Å². The largest absolute Gasteiger partial charge is 0.354 e. The molecule has 5 rings (SSSR count). The summed E-state index contributed by atoms with van der Waals surface area (Å²) >= 11 is 0. The zero-order valence-corrected chi connectivity index (χ0v) is 15.4. The van der Waals surface area contributed by atoms with Crippen LogP contribution in [0.25, 0.3) is 16.8 Å². The fraction of sp³-hybridized carbons (Fsp3) is 0.250. The van der Waals surface area contributed by atoms with Gasteiger partial charge in [-0.25, -0.2) is 14.2 Å². The van der Waals surface area contributed by atoms with E-state index in [0.29, 0.717) is 12.5 Å². The van der Waals surface area contributed by atoms with Crippen molar-refractivity contribution < 1.29 is 0 Å². The van der Waals surface area contributed by atoms with Crippen LogP contribution in [0.15, 0.2) is 59.9 Å². The first kappa shape index (κ1) is 16.6. The van der Waals surface area contributed by atoms with Crippen LogP contribution >= 0.6 is 0 Å². The Morgan fingerprint density at radius 3 is 2.71 bits per heavy atom. The van der Waals surface area contributed by atoms with Gasteiger partial charge in [-0.15, -0.1) is 0 Å². The first-order valence-electron chi connectivity index (χ1n) is 9.22. The van der Waals surface area contributed by atoms with Gasteiger partial charge in [0.25, 0.3) is 5.56 Å². The number of rotatable bonds is 4. The predicted octanol–water partition coefficient (Wildman–Crippen LogP) is 1.79. The van der Waals surface area contributed by atoms with Gasteiger partial charge in [0.2, 0.25) is 0 Å². The van der Waals surface area contributed by atoms with Crippen LogP contribution in [0.4, 0.5) is 5.82 Å². The number of pyridine rings is 1. The second-order valence-corrected chi connectivity index (χ2v) is 7.11. The lowest BCUT2D eigenvalue weighted by Gasteiger charge is -2.40. The van der Waals surface area contributed by atoms with Gasteiger partial charge in [0.05, 0.1) is 17.9 Å². The molecule has 1 saturated heterocycles. The SMILES string of the molecule is Cc1cc2c(N3CC(Cn4nc(-c5ccncc5)ccc4=O)C3)nccn2n1. The van der Waals surface area contributed by atoms with Crippen LogP contribution < -0.4 is 10.5 Å². The van der Waals surface area contributed by atoms with Gasteiger partial charge in [0, 0.05) is 55.4 Å². The second kappa shape index (κ2) is 6.56. The topological polar surface area (TPSA) is 81.2 Å². The molecule has 4 aromatic rings. The van der Waals surface area contributed by atoms with Crippen molar-refractivity contribution in [3.63, 3.8) is 0 Å². The molecule has 0 radical (unpaired) electrons. The summed E-state index contributed by atoms with van der Waals surface area (Å²) in [4.78, 5) is 23.0. The van der Waals surface area contributed by atoms with E-state index in [2.05, 4.69) is 25.1 Å². The normalized spacial score (nSPS) is 14.4. The van der Waals surface area contributed by atoms with E-state index in [9.17, 15) is 4.79 Å². The molecule has 5 heterocycles. The third-order valence-corrected chi connectivity index (χ3v) is 5.02. The number of aryl methyl sites for hydroxylation is 1. The minimum absolute atomic E-state index is 0.0807. The molecule has 0 aliphatic carbocycles. The molecule has 4 aromatic heterocycles. The zero-order valence-electron chi connectivity index (χ0n) is 15.4. The van der Waals surface area contributed by atoms with E-state index in [1.54, 1.807) is 35.4 Å². The first-order chi connectivity index (χ1) is 13.7. The number of hydrogen-bond donors (Lipinski definition) is 0. The average Bonchev–Trinajstić information content (AvgIpc) is 3.07. The van der Waals surface area contributed by atoms with Gasteiger partial charge < -0.3 is 4.90 Å². The molecule has 0 atom stereocenters. The highest BCUT2D eigenvalue weighted by molar-refractivity contribution is 5.70. The van der Waals surface area contributed by atoms with E-state index in [0.717, 1.165) is 41.4 Å². The zero-order chi connectivity index (χ0) is 19.1. The van der Waals surface area contributed by atoms with Crippen LogP contribution in [-0.4, -0.2) is 42.5 Å². The molecule has 0 unspecified atom stereocenters. The van der Waals surface area contributed by atoms with Crippen LogP contribution in [0.5, 0.6) is 0 Å². The van der Waals surface area contributed by atoms with E-state index in [4.69, 9.17) is 0 Å². The van der Waals surface area contributed by atoms with Gasteiger partial charge in [-0.05, 0) is 31.2 Å². The van der Waals surface area contributed by atoms with E-state index in [-0.39, 0.29) is 5.56 Å². The fourth-order valence-corrected chi connectivity index (χ4v) is 3.63. The number of nitrogens with zero attached hydrogens (tertiary/aromatic N) is 7. The lowest BCUT2D eigenvalue weighted by Crippen LogP contribution is -2.50. The lowest BCUT2D eigenvalue weighted by molar-refractivity contribution is 0.334. The number of fused-ring (bicyclic) bond motifs is 1. The molecule has 1 aliphatic rings. The van der Waals surface area contributed by atoms with Gasteiger partial charge >= 0.3 is 0 Å². The molecule has 0 saturated carbocycles. The minimum atomic E-state index is -0.0807. The van der Waals surface area contributed by atoms with Gasteiger partial charge in [0.1, 0.15) is 5.52 Å². The Morgan fingerprint density at radius 1 is 1.07 bits per heavy atom. The molecule has 28 heavy (non-hydrogen) atoms. The van der Waals surface area contributed by atoms with Gasteiger partial charge in [-0.2, -0.15) is 10.2 Å². The van der Waals surface area contributed by atoms with Crippen molar-refractivity contribution in [3.8, 4) is 11.3 Å². The molecule has 8 heteroatoms. The molecule has 0 bridgehead atoms. The average molecular weight is 373 g/mol. The highest BCUT2D eigenvalue weighted by atomic mass is 16.1. The van der Waals surface area contributed by atoms with E-state index in [1.807, 2.05) is 35.8 Å². The van der Waals surface area contributed by atoms with Crippen LogP contribution in [-0.2, 0) is 6.54 Å². The molecule has 8 nitrogen and oxygen atoms in total. The summed E-state index contributed by atoms with van der Waals surface area (Å²) in [5.41, 5.74) is 3.62. The summed E-state index contributed by atoms with van der Waals surface area (Å²) in [5.74, 6) is 1.29. The monoisotopic (exact) mass is 373 g/mol. The van der Waals surface area contributed by atoms with Crippen LogP contribution in [0, 0.1) is 12.8 Å². The Balaban J connectivity index is 1.33. The smallest absolute Gasteiger partial charge is 0.266 e. The summed E-state index contributed by atoms with van der Waals surface area (Å²) in [6.45, 7) is 4.24. The maximum atomic E-state index is 12.3. The predicted molar refractivity (Wildman–Crippen MR) is 105 cm³/mol. The first-order valence-corrected chi connectivity index (χ1v) is 9.22. The number of aromatic nitrogens is 6. The van der Waals surface area contributed by atoms with Crippen molar-refractivity contribution in [2.45, 2.75) is 13.5 Å². The summed E-state index contributed by atoms with van der Waals surface area (Å²) in [5, 5.41) is 8.99. The van der Waals surface area contributed by atoms with Crippen LogP contribution in [0.1, 0.15) is 5.69 Å². The van der Waals surface area contributed by atoms with Crippen molar-refractivity contribution >= 4 is 11.3 Å². The summed E-state index contributed by atoms with van der Waals surface area (Å²) in [6, 6.07) is 9.16. The standard InChI is InChI=1S/C20H19N7O/c1-14-10-18-20(22-8-9-26(18)23-14)25-11-15(12-25)13-27-19(28)3-2-17(24-27)16-4-6-21-7-5-16/h2-10,15H,11-13H2,1H3. The minimum Gasteiger partial charge on any atom is -0.354 e. The van der Waals surface area contributed by atoms with E-state index in [1.165, 1.54) is 0 Å². The van der Waals surface area contributed by atoms with Crippen LogP contribution in [0.3, 0.4) is 0 Å². The second-order valence-electron chi connectivity index (χ2n) is 7.11. The Labute approximate surface area is 161 Å². The Bertz CT molecular complexity index is 1190. The Morgan fingerprint density at radius 2 is 1.89 bits per heavy atom. The number of anilines is 1. The molecule has 0 spiro atoms. The molecule has 0 aromatic carbocycles. The third-order valence-electron chi connectivity index (χ3n) is 5.02. The fourth-order valence-electron chi connectivity index (χ4n) is 3.63. The van der Waals surface area contributed by atoms with Gasteiger partial charge in [-0.1, -0.05) is 0 Å². The number of hydrogen-bond acceptors (Lipinski definition) is 6. The molecule has 1 fully saturated rings. The third kappa shape index (κ3) is 2.92. The van der Waals surface area contributed by atoms with E-state index >= 15 is 0 Å². The van der Waals surface area contributed by atoms with Crippen molar-refractivity contribution in [2.24, 2.45) is 5.92 Å². The summed E-state index contributed by atoms with van der Waals surface area (Å²) in [7, 11) is 0. The Hall–Kier alpha value is -3.55. The quantitative estimate of drug-likeness (QED) is 0.543. The molecular formula is C20H19N7O. The van der Waals surface area contributed by atoms with Crippen molar-refractivity contribution in [2.75, 3.05) is 18.0 Å². The maximum Gasteiger partial charge on any atom is 0.266 e. The summed E-state index contributed by atoms with van der Waals surface area (Å²) in [6.07, 6.45) is 7.08. The lowest BCUT2D eigenvalue weighted by atomic mass is 10.00. The maximum absolute atomic E-state index is 12.3. The Kier molecular flexibility index (Phi) is 3.89. The molecule has 0 amide bonds. The molecule has 0 N–H and O–H groups in total. The van der Waals surface area contributed by atoms with Crippen LogP contribution in [0.2, 0.25) is 0 Å². The molecular weight excluding hydrogens is 354 g/mol. The summed E-state index contributed by atoms with van der Waals surface area (Å²) < 4.78 is 3.42. The highest BCUT2D eigenvalue weighted by Crippen LogP contribution is 2.27. The van der Waals surface area contributed by atoms with Gasteiger partial charge in [-0.3, -0.25) is 9.78 Å². The van der Waals surface area contributed by atoms with E-state index < -0.39 is 0 Å². The van der Waals surface area contributed by atoms with Crippen molar-refractivity contribution in [1.29, 1.82) is 0 Å². The highest BCUT2D eigenvalue weighted by Gasteiger charge is 2.30. The molecule has 1 aliphatic heterocycles. The van der Waals surface area contributed by atoms with Crippen molar-refractivity contribution in [3.05, 3.63) is 71.2 Å². The molecule has 140 valence electrons.